The number of para-hydroxylation sites is 1. The standard InChI is InChI=1S/C25H15N3OS2/c29-25-23-22(26-15-28(25)17-10-5-2-6-11-17)21-18(16-8-3-1-4-9-16)14-19(27-24(21)31-23)20-12-7-13-30-20/h1-15H. The summed E-state index contributed by atoms with van der Waals surface area (Å²) in [6.45, 7) is 0. The molecule has 6 rings (SSSR count). The van der Waals surface area contributed by atoms with Crippen molar-refractivity contribution >= 4 is 43.1 Å². The van der Waals surface area contributed by atoms with Crippen molar-refractivity contribution in [2.24, 2.45) is 0 Å². The number of hydrogen-bond donors (Lipinski definition) is 0. The summed E-state index contributed by atoms with van der Waals surface area (Å²) in [7, 11) is 0. The zero-order valence-electron chi connectivity index (χ0n) is 16.2. The van der Waals surface area contributed by atoms with E-state index in [0.29, 0.717) is 10.2 Å². The van der Waals surface area contributed by atoms with E-state index in [4.69, 9.17) is 9.97 Å². The Morgan fingerprint density at radius 1 is 0.871 bits per heavy atom. The summed E-state index contributed by atoms with van der Waals surface area (Å²) in [6, 6.07) is 26.0. The second-order valence-corrected chi connectivity index (χ2v) is 9.06. The molecule has 0 fully saturated rings. The Bertz CT molecular complexity index is 1590. The van der Waals surface area contributed by atoms with Crippen LogP contribution in [0.3, 0.4) is 0 Å². The van der Waals surface area contributed by atoms with Gasteiger partial charge in [0.15, 0.2) is 0 Å². The van der Waals surface area contributed by atoms with E-state index in [9.17, 15) is 4.79 Å². The molecule has 0 radical (unpaired) electrons. The lowest BCUT2D eigenvalue weighted by atomic mass is 10.0. The first-order valence-corrected chi connectivity index (χ1v) is 11.5. The highest BCUT2D eigenvalue weighted by Gasteiger charge is 2.19. The van der Waals surface area contributed by atoms with E-state index in [0.717, 1.165) is 37.6 Å². The molecular formula is C25H15N3OS2. The molecule has 4 aromatic heterocycles. The summed E-state index contributed by atoms with van der Waals surface area (Å²) >= 11 is 3.07. The van der Waals surface area contributed by atoms with Crippen molar-refractivity contribution in [3.8, 4) is 27.4 Å². The maximum atomic E-state index is 13.4. The number of hydrogen-bond acceptors (Lipinski definition) is 5. The van der Waals surface area contributed by atoms with E-state index in [1.54, 1.807) is 22.2 Å². The van der Waals surface area contributed by atoms with Gasteiger partial charge in [-0.1, -0.05) is 54.6 Å². The maximum absolute atomic E-state index is 13.4. The van der Waals surface area contributed by atoms with Gasteiger partial charge in [-0.15, -0.1) is 22.7 Å². The van der Waals surface area contributed by atoms with Crippen molar-refractivity contribution in [3.05, 3.63) is 101 Å². The molecule has 0 saturated carbocycles. The van der Waals surface area contributed by atoms with Crippen molar-refractivity contribution in [2.45, 2.75) is 0 Å². The molecule has 148 valence electrons. The number of aromatic nitrogens is 3. The Morgan fingerprint density at radius 3 is 2.39 bits per heavy atom. The monoisotopic (exact) mass is 437 g/mol. The number of pyridine rings is 1. The third kappa shape index (κ3) is 3.00. The van der Waals surface area contributed by atoms with Gasteiger partial charge in [0, 0.05) is 5.39 Å². The van der Waals surface area contributed by atoms with Crippen LogP contribution < -0.4 is 5.56 Å². The van der Waals surface area contributed by atoms with Crippen molar-refractivity contribution in [3.63, 3.8) is 0 Å². The Morgan fingerprint density at radius 2 is 1.65 bits per heavy atom. The predicted molar refractivity (Wildman–Crippen MR) is 129 cm³/mol. The van der Waals surface area contributed by atoms with E-state index in [1.807, 2.05) is 54.6 Å². The molecule has 6 aromatic rings. The van der Waals surface area contributed by atoms with E-state index in [2.05, 4.69) is 29.6 Å². The largest absolute Gasteiger partial charge is 0.275 e. The van der Waals surface area contributed by atoms with Gasteiger partial charge in [-0.2, -0.15) is 0 Å². The van der Waals surface area contributed by atoms with E-state index < -0.39 is 0 Å². The molecular weight excluding hydrogens is 422 g/mol. The number of rotatable bonds is 3. The molecule has 0 aliphatic carbocycles. The molecule has 0 N–H and O–H groups in total. The van der Waals surface area contributed by atoms with Crippen molar-refractivity contribution < 1.29 is 0 Å². The number of thiophene rings is 2. The Labute approximate surface area is 185 Å². The molecule has 0 spiro atoms. The molecule has 31 heavy (non-hydrogen) atoms. The van der Waals surface area contributed by atoms with E-state index >= 15 is 0 Å². The summed E-state index contributed by atoms with van der Waals surface area (Å²) in [5.41, 5.74) is 4.48. The third-order valence-corrected chi connectivity index (χ3v) is 7.20. The van der Waals surface area contributed by atoms with Gasteiger partial charge >= 0.3 is 0 Å². The molecule has 0 atom stereocenters. The Balaban J connectivity index is 1.70. The summed E-state index contributed by atoms with van der Waals surface area (Å²) in [5.74, 6) is 0. The second-order valence-electron chi connectivity index (χ2n) is 7.11. The zero-order valence-corrected chi connectivity index (χ0v) is 17.9. The average molecular weight is 438 g/mol. The zero-order chi connectivity index (χ0) is 20.8. The van der Waals surface area contributed by atoms with Gasteiger partial charge in [-0.05, 0) is 40.8 Å². The Hall–Kier alpha value is -3.61. The molecule has 0 unspecified atom stereocenters. The quantitative estimate of drug-likeness (QED) is 0.322. The van der Waals surface area contributed by atoms with Crippen LogP contribution in [0, 0.1) is 0 Å². The average Bonchev–Trinajstić information content (AvgIpc) is 3.49. The summed E-state index contributed by atoms with van der Waals surface area (Å²) < 4.78 is 2.22. The van der Waals surface area contributed by atoms with Crippen LogP contribution in [0.4, 0.5) is 0 Å². The molecule has 0 saturated heterocycles. The van der Waals surface area contributed by atoms with Gasteiger partial charge < -0.3 is 0 Å². The molecule has 0 bridgehead atoms. The smallest absolute Gasteiger partial charge is 0.267 e. The fraction of sp³-hybridized carbons (Fsp3) is 0. The van der Waals surface area contributed by atoms with Gasteiger partial charge in [0.2, 0.25) is 0 Å². The van der Waals surface area contributed by atoms with Crippen molar-refractivity contribution in [1.82, 2.24) is 14.5 Å². The summed E-state index contributed by atoms with van der Waals surface area (Å²) in [5, 5.41) is 2.98. The SMILES string of the molecule is O=c1c2sc3nc(-c4cccs4)cc(-c4ccccc4)c3c2ncn1-c1ccccc1. The number of fused-ring (bicyclic) bond motifs is 3. The number of nitrogens with zero attached hydrogens (tertiary/aromatic N) is 3. The third-order valence-electron chi connectivity index (χ3n) is 5.25. The molecule has 4 nitrogen and oxygen atoms in total. The van der Waals surface area contributed by atoms with Gasteiger partial charge in [0.25, 0.3) is 5.56 Å². The van der Waals surface area contributed by atoms with Gasteiger partial charge in [0.05, 0.1) is 21.8 Å². The van der Waals surface area contributed by atoms with E-state index in [-0.39, 0.29) is 5.56 Å². The molecule has 0 aliphatic heterocycles. The minimum absolute atomic E-state index is 0.0733. The first kappa shape index (κ1) is 18.2. The summed E-state index contributed by atoms with van der Waals surface area (Å²) in [6.07, 6.45) is 1.62. The number of benzene rings is 2. The van der Waals surface area contributed by atoms with Gasteiger partial charge in [0.1, 0.15) is 15.9 Å². The maximum Gasteiger partial charge on any atom is 0.275 e. The van der Waals surface area contributed by atoms with Crippen LogP contribution in [0.5, 0.6) is 0 Å². The first-order valence-electron chi connectivity index (χ1n) is 9.79. The topological polar surface area (TPSA) is 47.8 Å². The molecule has 4 heterocycles. The minimum atomic E-state index is -0.0733. The highest BCUT2D eigenvalue weighted by Crippen LogP contribution is 2.39. The lowest BCUT2D eigenvalue weighted by Crippen LogP contribution is -2.17. The van der Waals surface area contributed by atoms with Crippen LogP contribution in [0.2, 0.25) is 0 Å². The van der Waals surface area contributed by atoms with Crippen LogP contribution in [0.1, 0.15) is 0 Å². The molecule has 0 amide bonds. The normalized spacial score (nSPS) is 11.4. The highest BCUT2D eigenvalue weighted by molar-refractivity contribution is 7.25. The fourth-order valence-corrected chi connectivity index (χ4v) is 5.57. The molecule has 6 heteroatoms. The van der Waals surface area contributed by atoms with Crippen LogP contribution in [-0.4, -0.2) is 14.5 Å². The second kappa shape index (κ2) is 7.27. The lowest BCUT2D eigenvalue weighted by Gasteiger charge is -2.07. The van der Waals surface area contributed by atoms with Crippen LogP contribution in [0.15, 0.2) is 95.4 Å². The van der Waals surface area contributed by atoms with Crippen LogP contribution in [0.25, 0.3) is 47.8 Å². The van der Waals surface area contributed by atoms with Crippen LogP contribution in [-0.2, 0) is 0 Å². The summed E-state index contributed by atoms with van der Waals surface area (Å²) in [4.78, 5) is 24.9. The van der Waals surface area contributed by atoms with Crippen molar-refractivity contribution in [1.29, 1.82) is 0 Å². The fourth-order valence-electron chi connectivity index (χ4n) is 3.80. The Kier molecular flexibility index (Phi) is 4.26. The van der Waals surface area contributed by atoms with Gasteiger partial charge in [-0.3, -0.25) is 9.36 Å². The van der Waals surface area contributed by atoms with Gasteiger partial charge in [-0.25, -0.2) is 9.97 Å². The van der Waals surface area contributed by atoms with E-state index in [1.165, 1.54) is 11.3 Å². The lowest BCUT2D eigenvalue weighted by molar-refractivity contribution is 0.968. The first-order chi connectivity index (χ1) is 15.3. The highest BCUT2D eigenvalue weighted by atomic mass is 32.1. The molecule has 2 aromatic carbocycles. The molecule has 0 aliphatic rings. The van der Waals surface area contributed by atoms with Crippen molar-refractivity contribution in [2.75, 3.05) is 0 Å². The predicted octanol–water partition coefficient (Wildman–Crippen LogP) is 6.39. The van der Waals surface area contributed by atoms with Crippen LogP contribution >= 0.6 is 22.7 Å². The minimum Gasteiger partial charge on any atom is -0.267 e.